The molecule has 1 fully saturated rings. The van der Waals surface area contributed by atoms with Gasteiger partial charge in [0, 0.05) is 17.0 Å². The molecule has 3 N–H and O–H groups in total. The largest absolute Gasteiger partial charge is 0.399 e. The second kappa shape index (κ2) is 5.11. The van der Waals surface area contributed by atoms with Crippen molar-refractivity contribution in [1.82, 2.24) is 4.98 Å². The Hall–Kier alpha value is -1.38. The lowest BCUT2D eigenvalue weighted by Gasteiger charge is -2.08. The van der Waals surface area contributed by atoms with Gasteiger partial charge in [-0.2, -0.15) is 0 Å². The Morgan fingerprint density at radius 2 is 2.14 bits per heavy atom. The first-order valence-corrected chi connectivity index (χ1v) is 8.83. The number of nitrogens with one attached hydrogen (secondary N) is 1. The fourth-order valence-electron chi connectivity index (χ4n) is 1.85. The zero-order valence-corrected chi connectivity index (χ0v) is 13.0. The zero-order chi connectivity index (χ0) is 15.2. The van der Waals surface area contributed by atoms with Gasteiger partial charge < -0.3 is 5.73 Å². The van der Waals surface area contributed by atoms with E-state index in [0.29, 0.717) is 5.92 Å². The van der Waals surface area contributed by atoms with Crippen LogP contribution in [0.25, 0.3) is 0 Å². The SMILES string of the molecule is Nc1cc(Cl)c(F)c(S(=O)(=O)Nc2nc(C3CC3)cs2)c1. The second-order valence-electron chi connectivity index (χ2n) is 4.77. The zero-order valence-electron chi connectivity index (χ0n) is 10.6. The molecule has 0 atom stereocenters. The molecular formula is C12H11ClFN3O2S2. The fourth-order valence-corrected chi connectivity index (χ4v) is 4.31. The summed E-state index contributed by atoms with van der Waals surface area (Å²) >= 11 is 6.79. The van der Waals surface area contributed by atoms with Crippen molar-refractivity contribution in [3.05, 3.63) is 34.0 Å². The quantitative estimate of drug-likeness (QED) is 0.832. The number of aromatic nitrogens is 1. The van der Waals surface area contributed by atoms with E-state index >= 15 is 0 Å². The average Bonchev–Trinajstić information content (AvgIpc) is 3.15. The Kier molecular flexibility index (Phi) is 3.54. The maximum atomic E-state index is 13.9. The molecule has 0 unspecified atom stereocenters. The maximum Gasteiger partial charge on any atom is 0.266 e. The van der Waals surface area contributed by atoms with E-state index < -0.39 is 20.7 Å². The van der Waals surface area contributed by atoms with E-state index in [9.17, 15) is 12.8 Å². The summed E-state index contributed by atoms with van der Waals surface area (Å²) in [4.78, 5) is 3.61. The molecule has 1 aromatic heterocycles. The number of thiazole rings is 1. The molecule has 1 heterocycles. The minimum atomic E-state index is -4.12. The van der Waals surface area contributed by atoms with E-state index in [1.54, 1.807) is 5.38 Å². The van der Waals surface area contributed by atoms with Crippen LogP contribution >= 0.6 is 22.9 Å². The van der Waals surface area contributed by atoms with Crippen molar-refractivity contribution < 1.29 is 12.8 Å². The van der Waals surface area contributed by atoms with Gasteiger partial charge in [-0.1, -0.05) is 11.6 Å². The van der Waals surface area contributed by atoms with E-state index in [-0.39, 0.29) is 15.8 Å². The predicted molar refractivity (Wildman–Crippen MR) is 80.7 cm³/mol. The molecule has 1 aliphatic rings. The molecule has 112 valence electrons. The predicted octanol–water partition coefficient (Wildman–Crippen LogP) is 3.20. The lowest BCUT2D eigenvalue weighted by Crippen LogP contribution is -2.15. The first-order chi connectivity index (χ1) is 9.87. The van der Waals surface area contributed by atoms with Crippen LogP contribution in [0.1, 0.15) is 24.5 Å². The maximum absolute atomic E-state index is 13.9. The summed E-state index contributed by atoms with van der Waals surface area (Å²) in [5.74, 6) is -0.615. The Balaban J connectivity index is 1.92. The minimum Gasteiger partial charge on any atom is -0.399 e. The van der Waals surface area contributed by atoms with Gasteiger partial charge in [-0.05, 0) is 25.0 Å². The van der Waals surface area contributed by atoms with Crippen LogP contribution in [0, 0.1) is 5.82 Å². The molecule has 9 heteroatoms. The van der Waals surface area contributed by atoms with Gasteiger partial charge >= 0.3 is 0 Å². The second-order valence-corrected chi connectivity index (χ2v) is 7.69. The molecule has 3 rings (SSSR count). The molecule has 0 aliphatic heterocycles. The van der Waals surface area contributed by atoms with Gasteiger partial charge in [0.05, 0.1) is 10.7 Å². The van der Waals surface area contributed by atoms with Crippen LogP contribution in [0.15, 0.2) is 22.4 Å². The number of halogens is 2. The number of nitrogens with two attached hydrogens (primary N) is 1. The molecule has 21 heavy (non-hydrogen) atoms. The van der Waals surface area contributed by atoms with Gasteiger partial charge in [0.2, 0.25) is 0 Å². The number of benzene rings is 1. The molecule has 0 amide bonds. The van der Waals surface area contributed by atoms with Crippen LogP contribution in [0.2, 0.25) is 5.02 Å². The highest BCUT2D eigenvalue weighted by Crippen LogP contribution is 2.41. The van der Waals surface area contributed by atoms with Gasteiger partial charge in [0.1, 0.15) is 4.90 Å². The molecule has 1 aromatic carbocycles. The third-order valence-electron chi connectivity index (χ3n) is 3.05. The van der Waals surface area contributed by atoms with Crippen LogP contribution in [0.3, 0.4) is 0 Å². The minimum absolute atomic E-state index is 0.0691. The molecule has 1 saturated carbocycles. The molecule has 5 nitrogen and oxygen atoms in total. The van der Waals surface area contributed by atoms with Crippen molar-refractivity contribution in [2.24, 2.45) is 0 Å². The number of rotatable bonds is 4. The first kappa shape index (κ1) is 14.6. The molecule has 0 spiro atoms. The highest BCUT2D eigenvalue weighted by Gasteiger charge is 2.28. The van der Waals surface area contributed by atoms with Gasteiger partial charge in [-0.25, -0.2) is 17.8 Å². The lowest BCUT2D eigenvalue weighted by atomic mass is 10.3. The summed E-state index contributed by atoms with van der Waals surface area (Å²) in [5.41, 5.74) is 6.45. The van der Waals surface area contributed by atoms with Crippen molar-refractivity contribution in [3.63, 3.8) is 0 Å². The van der Waals surface area contributed by atoms with E-state index in [2.05, 4.69) is 9.71 Å². The number of hydrogen-bond donors (Lipinski definition) is 2. The third kappa shape index (κ3) is 2.97. The standard InChI is InChI=1S/C12H11ClFN3O2S2/c13-8-3-7(15)4-10(11(8)14)21(18,19)17-12-16-9(5-20-12)6-1-2-6/h3-6H,1-2,15H2,(H,16,17). The molecule has 0 bridgehead atoms. The Morgan fingerprint density at radius 3 is 2.81 bits per heavy atom. The summed E-state index contributed by atoms with van der Waals surface area (Å²) < 4.78 is 40.6. The topological polar surface area (TPSA) is 85.1 Å². The smallest absolute Gasteiger partial charge is 0.266 e. The van der Waals surface area contributed by atoms with Gasteiger partial charge in [0.25, 0.3) is 10.0 Å². The van der Waals surface area contributed by atoms with E-state index in [1.807, 2.05) is 0 Å². The van der Waals surface area contributed by atoms with Crippen LogP contribution in [-0.4, -0.2) is 13.4 Å². The van der Waals surface area contributed by atoms with Gasteiger partial charge in [0.15, 0.2) is 10.9 Å². The van der Waals surface area contributed by atoms with Crippen LogP contribution in [0.4, 0.5) is 15.2 Å². The highest BCUT2D eigenvalue weighted by atomic mass is 35.5. The number of nitrogen functional groups attached to an aromatic ring is 1. The Bertz CT molecular complexity index is 803. The third-order valence-corrected chi connectivity index (χ3v) is 5.56. The summed E-state index contributed by atoms with van der Waals surface area (Å²) in [6.45, 7) is 0. The molecular weight excluding hydrogens is 337 g/mol. The number of nitrogens with zero attached hydrogens (tertiary/aromatic N) is 1. The number of sulfonamides is 1. The summed E-state index contributed by atoms with van der Waals surface area (Å²) in [6.07, 6.45) is 2.13. The molecule has 0 radical (unpaired) electrons. The summed E-state index contributed by atoms with van der Waals surface area (Å²) in [7, 11) is -4.12. The molecule has 0 saturated heterocycles. The highest BCUT2D eigenvalue weighted by molar-refractivity contribution is 7.93. The van der Waals surface area contributed by atoms with E-state index in [1.165, 1.54) is 11.3 Å². The Morgan fingerprint density at radius 1 is 1.43 bits per heavy atom. The number of hydrogen-bond acceptors (Lipinski definition) is 5. The van der Waals surface area contributed by atoms with Crippen LogP contribution < -0.4 is 10.5 Å². The molecule has 2 aromatic rings. The lowest BCUT2D eigenvalue weighted by molar-refractivity contribution is 0.571. The van der Waals surface area contributed by atoms with Gasteiger partial charge in [-0.15, -0.1) is 11.3 Å². The van der Waals surface area contributed by atoms with Crippen molar-refractivity contribution in [2.75, 3.05) is 10.5 Å². The number of anilines is 2. The van der Waals surface area contributed by atoms with E-state index in [4.69, 9.17) is 17.3 Å². The summed E-state index contributed by atoms with van der Waals surface area (Å²) in [5, 5.41) is 1.67. The van der Waals surface area contributed by atoms with Crippen molar-refractivity contribution in [3.8, 4) is 0 Å². The van der Waals surface area contributed by atoms with Crippen LogP contribution in [-0.2, 0) is 10.0 Å². The average molecular weight is 348 g/mol. The monoisotopic (exact) mass is 347 g/mol. The van der Waals surface area contributed by atoms with E-state index in [0.717, 1.165) is 30.7 Å². The molecule has 1 aliphatic carbocycles. The van der Waals surface area contributed by atoms with Crippen LogP contribution in [0.5, 0.6) is 0 Å². The Labute approximate surface area is 130 Å². The first-order valence-electron chi connectivity index (χ1n) is 6.09. The van der Waals surface area contributed by atoms with Crippen molar-refractivity contribution in [2.45, 2.75) is 23.7 Å². The van der Waals surface area contributed by atoms with Crippen molar-refractivity contribution in [1.29, 1.82) is 0 Å². The fraction of sp³-hybridized carbons (Fsp3) is 0.250. The normalized spacial score (nSPS) is 15.1. The summed E-state index contributed by atoms with van der Waals surface area (Å²) in [6, 6.07) is 2.18. The van der Waals surface area contributed by atoms with Gasteiger partial charge in [-0.3, -0.25) is 4.72 Å². The van der Waals surface area contributed by atoms with Crippen molar-refractivity contribution >= 4 is 43.8 Å².